The Morgan fingerprint density at radius 3 is 2.86 bits per heavy atom. The Hall–Kier alpha value is -3.22. The van der Waals surface area contributed by atoms with Gasteiger partial charge in [-0.2, -0.15) is 10.2 Å². The molecule has 1 fully saturated rings. The van der Waals surface area contributed by atoms with Crippen molar-refractivity contribution in [3.05, 3.63) is 54.7 Å². The van der Waals surface area contributed by atoms with E-state index < -0.39 is 0 Å². The van der Waals surface area contributed by atoms with E-state index in [1.807, 2.05) is 47.5 Å². The van der Waals surface area contributed by atoms with Gasteiger partial charge in [-0.15, -0.1) is 0 Å². The average molecular weight is 373 g/mol. The molecule has 2 N–H and O–H groups in total. The molecule has 0 spiro atoms. The van der Waals surface area contributed by atoms with Crippen molar-refractivity contribution in [1.82, 2.24) is 29.9 Å². The summed E-state index contributed by atoms with van der Waals surface area (Å²) in [5.74, 6) is 0.908. The summed E-state index contributed by atoms with van der Waals surface area (Å²) in [5, 5.41) is 16.9. The van der Waals surface area contributed by atoms with Crippen LogP contribution in [0.4, 0.5) is 5.82 Å². The number of H-pyrrole nitrogens is 1. The second-order valence-corrected chi connectivity index (χ2v) is 7.38. The topological polar surface area (TPSA) is 84.3 Å². The summed E-state index contributed by atoms with van der Waals surface area (Å²) < 4.78 is 1.89. The largest absolute Gasteiger partial charge is 0.367 e. The maximum Gasteiger partial charge on any atom is 0.137 e. The number of hydrogen-bond acceptors (Lipinski definition) is 5. The van der Waals surface area contributed by atoms with Gasteiger partial charge in [0.25, 0.3) is 0 Å². The fourth-order valence-electron chi connectivity index (χ4n) is 3.96. The average Bonchev–Trinajstić information content (AvgIpc) is 3.37. The molecular formula is C21H23N7. The van der Waals surface area contributed by atoms with Crippen LogP contribution in [0, 0.1) is 0 Å². The molecule has 0 aliphatic heterocycles. The lowest BCUT2D eigenvalue weighted by molar-refractivity contribution is 0.462. The van der Waals surface area contributed by atoms with Gasteiger partial charge in [-0.05, 0) is 31.0 Å². The summed E-state index contributed by atoms with van der Waals surface area (Å²) in [6.45, 7) is 0.634. The Labute approximate surface area is 163 Å². The van der Waals surface area contributed by atoms with E-state index in [0.717, 1.165) is 33.7 Å². The van der Waals surface area contributed by atoms with Gasteiger partial charge in [-0.3, -0.25) is 14.8 Å². The van der Waals surface area contributed by atoms with Crippen molar-refractivity contribution in [3.8, 4) is 11.3 Å². The molecule has 1 saturated carbocycles. The molecule has 1 aliphatic rings. The first-order valence-corrected chi connectivity index (χ1v) is 9.89. The molecule has 5 rings (SSSR count). The smallest absolute Gasteiger partial charge is 0.137 e. The van der Waals surface area contributed by atoms with Gasteiger partial charge < -0.3 is 5.32 Å². The number of nitrogens with zero attached hydrogens (tertiary/aromatic N) is 5. The predicted octanol–water partition coefficient (Wildman–Crippen LogP) is 4.01. The summed E-state index contributed by atoms with van der Waals surface area (Å²) in [4.78, 5) is 9.00. The third-order valence-electron chi connectivity index (χ3n) is 5.38. The van der Waals surface area contributed by atoms with E-state index >= 15 is 0 Å². The lowest BCUT2D eigenvalue weighted by Gasteiger charge is -2.23. The van der Waals surface area contributed by atoms with Gasteiger partial charge in [0.1, 0.15) is 11.5 Å². The van der Waals surface area contributed by atoms with Gasteiger partial charge in [-0.1, -0.05) is 25.3 Å². The molecule has 0 radical (unpaired) electrons. The SMILES string of the molecule is c1ccc(Cn2cc(-c3n[nH]c4ccnc(NC5CCCCC5)c34)cn2)nc1. The van der Waals surface area contributed by atoms with Gasteiger partial charge >= 0.3 is 0 Å². The highest BCUT2D eigenvalue weighted by molar-refractivity contribution is 6.00. The third-order valence-corrected chi connectivity index (χ3v) is 5.38. The number of pyridine rings is 2. The first-order chi connectivity index (χ1) is 13.9. The quantitative estimate of drug-likeness (QED) is 0.552. The van der Waals surface area contributed by atoms with E-state index in [9.17, 15) is 0 Å². The van der Waals surface area contributed by atoms with Crippen LogP contribution in [0.25, 0.3) is 22.2 Å². The van der Waals surface area contributed by atoms with Crippen LogP contribution in [-0.4, -0.2) is 36.0 Å². The monoisotopic (exact) mass is 373 g/mol. The van der Waals surface area contributed by atoms with Crippen molar-refractivity contribution in [2.24, 2.45) is 0 Å². The van der Waals surface area contributed by atoms with Crippen LogP contribution in [0.3, 0.4) is 0 Å². The number of hydrogen-bond donors (Lipinski definition) is 2. The van der Waals surface area contributed by atoms with Crippen LogP contribution in [-0.2, 0) is 6.54 Å². The molecule has 1 aliphatic carbocycles. The molecule has 4 aromatic heterocycles. The molecule has 0 unspecified atom stereocenters. The highest BCUT2D eigenvalue weighted by atomic mass is 15.3. The summed E-state index contributed by atoms with van der Waals surface area (Å²) in [6, 6.07) is 8.36. The van der Waals surface area contributed by atoms with Crippen molar-refractivity contribution >= 4 is 16.7 Å². The standard InChI is InChI=1S/C21H23N7/c1-2-6-16(7-3-1)25-21-19-18(9-11-23-21)26-27-20(19)15-12-24-28(13-15)14-17-8-4-5-10-22-17/h4-5,8-13,16H,1-3,6-7,14H2,(H,23,25)(H,26,27). The molecule has 0 aromatic carbocycles. The number of fused-ring (bicyclic) bond motifs is 1. The first-order valence-electron chi connectivity index (χ1n) is 9.89. The minimum absolute atomic E-state index is 0.487. The molecule has 142 valence electrons. The van der Waals surface area contributed by atoms with Crippen LogP contribution in [0.5, 0.6) is 0 Å². The summed E-state index contributed by atoms with van der Waals surface area (Å²) in [7, 11) is 0. The summed E-state index contributed by atoms with van der Waals surface area (Å²) >= 11 is 0. The minimum atomic E-state index is 0.487. The van der Waals surface area contributed by atoms with Gasteiger partial charge in [0.15, 0.2) is 0 Å². The third kappa shape index (κ3) is 3.35. The normalized spacial score (nSPS) is 15.1. The minimum Gasteiger partial charge on any atom is -0.367 e. The molecule has 7 nitrogen and oxygen atoms in total. The Balaban J connectivity index is 1.46. The Kier molecular flexibility index (Phi) is 4.48. The van der Waals surface area contributed by atoms with E-state index in [4.69, 9.17) is 0 Å². The van der Waals surface area contributed by atoms with Crippen molar-refractivity contribution in [2.75, 3.05) is 5.32 Å². The number of anilines is 1. The Morgan fingerprint density at radius 1 is 1.07 bits per heavy atom. The molecule has 0 amide bonds. The molecule has 0 saturated heterocycles. The first kappa shape index (κ1) is 16.9. The summed E-state index contributed by atoms with van der Waals surface area (Å²) in [5.41, 5.74) is 3.82. The molecule has 0 atom stereocenters. The fraction of sp³-hybridized carbons (Fsp3) is 0.333. The zero-order valence-corrected chi connectivity index (χ0v) is 15.7. The second kappa shape index (κ2) is 7.42. The Bertz CT molecular complexity index is 1060. The van der Waals surface area contributed by atoms with Gasteiger partial charge in [-0.25, -0.2) is 4.98 Å². The van der Waals surface area contributed by atoms with Crippen LogP contribution >= 0.6 is 0 Å². The molecule has 28 heavy (non-hydrogen) atoms. The van der Waals surface area contributed by atoms with E-state index in [2.05, 4.69) is 30.6 Å². The zero-order chi connectivity index (χ0) is 18.8. The second-order valence-electron chi connectivity index (χ2n) is 7.38. The van der Waals surface area contributed by atoms with E-state index in [-0.39, 0.29) is 0 Å². The number of rotatable bonds is 5. The predicted molar refractivity (Wildman–Crippen MR) is 109 cm³/mol. The maximum absolute atomic E-state index is 4.63. The number of aromatic nitrogens is 6. The molecule has 0 bridgehead atoms. The van der Waals surface area contributed by atoms with E-state index in [1.54, 1.807) is 6.20 Å². The van der Waals surface area contributed by atoms with E-state index in [0.29, 0.717) is 12.6 Å². The lowest BCUT2D eigenvalue weighted by Crippen LogP contribution is -2.22. The van der Waals surface area contributed by atoms with Crippen molar-refractivity contribution < 1.29 is 0 Å². The number of nitrogens with one attached hydrogen (secondary N) is 2. The van der Waals surface area contributed by atoms with Crippen LogP contribution in [0.1, 0.15) is 37.8 Å². The van der Waals surface area contributed by atoms with Gasteiger partial charge in [0.05, 0.1) is 29.3 Å². The Morgan fingerprint density at radius 2 is 2.00 bits per heavy atom. The summed E-state index contributed by atoms with van der Waals surface area (Å²) in [6.07, 6.45) is 13.8. The van der Waals surface area contributed by atoms with Gasteiger partial charge in [0, 0.05) is 30.2 Å². The molecule has 4 heterocycles. The van der Waals surface area contributed by atoms with Crippen LogP contribution in [0.2, 0.25) is 0 Å². The zero-order valence-electron chi connectivity index (χ0n) is 15.7. The van der Waals surface area contributed by atoms with Crippen molar-refractivity contribution in [2.45, 2.75) is 44.7 Å². The highest BCUT2D eigenvalue weighted by Crippen LogP contribution is 2.32. The van der Waals surface area contributed by atoms with E-state index in [1.165, 1.54) is 32.1 Å². The molecular weight excluding hydrogens is 350 g/mol. The van der Waals surface area contributed by atoms with Gasteiger partial charge in [0.2, 0.25) is 0 Å². The molecule has 4 aromatic rings. The maximum atomic E-state index is 4.63. The van der Waals surface area contributed by atoms with Crippen LogP contribution in [0.15, 0.2) is 49.1 Å². The highest BCUT2D eigenvalue weighted by Gasteiger charge is 2.19. The number of aromatic amines is 1. The molecule has 7 heteroatoms. The van der Waals surface area contributed by atoms with Crippen molar-refractivity contribution in [1.29, 1.82) is 0 Å². The fourth-order valence-corrected chi connectivity index (χ4v) is 3.96. The lowest BCUT2D eigenvalue weighted by atomic mass is 9.95. The van der Waals surface area contributed by atoms with Crippen molar-refractivity contribution in [3.63, 3.8) is 0 Å². The van der Waals surface area contributed by atoms with Crippen LogP contribution < -0.4 is 5.32 Å².